The third kappa shape index (κ3) is 3.37. The number of hydrogen-bond acceptors (Lipinski definition) is 2. The molecule has 1 fully saturated rings. The Balaban J connectivity index is 1.72. The summed E-state index contributed by atoms with van der Waals surface area (Å²) in [6, 6.07) is 16.3. The predicted molar refractivity (Wildman–Crippen MR) is 89.5 cm³/mol. The van der Waals surface area contributed by atoms with Gasteiger partial charge in [0.05, 0.1) is 0 Å². The second-order valence-corrected chi connectivity index (χ2v) is 6.16. The average molecular weight is 298 g/mol. The first-order valence-corrected chi connectivity index (χ1v) is 7.87. The molecule has 116 valence electrons. The van der Waals surface area contributed by atoms with E-state index in [4.69, 9.17) is 0 Å². The molecule has 1 heterocycles. The predicted octanol–water partition coefficient (Wildman–Crippen LogP) is 3.88. The molecule has 0 aromatic heterocycles. The number of rotatable bonds is 3. The van der Waals surface area contributed by atoms with Crippen molar-refractivity contribution in [1.82, 2.24) is 9.80 Å². The van der Waals surface area contributed by atoms with Gasteiger partial charge in [-0.1, -0.05) is 54.1 Å². The van der Waals surface area contributed by atoms with Crippen molar-refractivity contribution in [2.45, 2.75) is 13.2 Å². The molecule has 22 heavy (non-hydrogen) atoms. The van der Waals surface area contributed by atoms with Crippen LogP contribution in [0.2, 0.25) is 0 Å². The average Bonchev–Trinajstić information content (AvgIpc) is 2.56. The summed E-state index contributed by atoms with van der Waals surface area (Å²) in [6.07, 6.45) is -0.999. The summed E-state index contributed by atoms with van der Waals surface area (Å²) in [5.41, 5.74) is 4.31. The van der Waals surface area contributed by atoms with E-state index in [-0.39, 0.29) is 0 Å². The van der Waals surface area contributed by atoms with Crippen molar-refractivity contribution in [1.29, 1.82) is 0 Å². The Morgan fingerprint density at radius 2 is 1.32 bits per heavy atom. The molecule has 1 aliphatic rings. The summed E-state index contributed by atoms with van der Waals surface area (Å²) in [7, 11) is 2.08. The number of halogens is 1. The standard InChI is InChI=1S/C19H23FN2/c1-15-3-5-16(6-4-15)17-7-9-18(10-8-17)19(20)22-13-11-21(2)12-14-22/h3-10,19H,11-14H2,1-2H3. The summed E-state index contributed by atoms with van der Waals surface area (Å²) >= 11 is 0. The van der Waals surface area contributed by atoms with E-state index in [2.05, 4.69) is 43.1 Å². The molecule has 2 nitrogen and oxygen atoms in total. The van der Waals surface area contributed by atoms with E-state index < -0.39 is 6.30 Å². The first-order valence-electron chi connectivity index (χ1n) is 7.87. The van der Waals surface area contributed by atoms with Crippen molar-refractivity contribution in [3.05, 3.63) is 59.7 Å². The van der Waals surface area contributed by atoms with Crippen molar-refractivity contribution < 1.29 is 4.39 Å². The zero-order valence-electron chi connectivity index (χ0n) is 13.3. The van der Waals surface area contributed by atoms with E-state index >= 15 is 0 Å². The van der Waals surface area contributed by atoms with Crippen LogP contribution >= 0.6 is 0 Å². The summed E-state index contributed by atoms with van der Waals surface area (Å²) in [5.74, 6) is 0. The van der Waals surface area contributed by atoms with Crippen LogP contribution in [0.3, 0.4) is 0 Å². The smallest absolute Gasteiger partial charge is 0.179 e. The summed E-state index contributed by atoms with van der Waals surface area (Å²) in [4.78, 5) is 4.16. The van der Waals surface area contributed by atoms with Crippen LogP contribution in [0.25, 0.3) is 11.1 Å². The van der Waals surface area contributed by atoms with Crippen LogP contribution in [0.15, 0.2) is 48.5 Å². The lowest BCUT2D eigenvalue weighted by atomic mass is 10.0. The molecule has 0 spiro atoms. The number of alkyl halides is 1. The van der Waals surface area contributed by atoms with Gasteiger partial charge in [0.1, 0.15) is 0 Å². The molecule has 1 aliphatic heterocycles. The molecule has 1 unspecified atom stereocenters. The third-order valence-electron chi connectivity index (χ3n) is 4.43. The van der Waals surface area contributed by atoms with Gasteiger partial charge in [0.2, 0.25) is 0 Å². The minimum Gasteiger partial charge on any atom is -0.304 e. The number of hydrogen-bond donors (Lipinski definition) is 0. The van der Waals surface area contributed by atoms with E-state index in [9.17, 15) is 4.39 Å². The molecule has 2 aromatic carbocycles. The van der Waals surface area contributed by atoms with Crippen LogP contribution in [-0.2, 0) is 0 Å². The molecule has 0 amide bonds. The highest BCUT2D eigenvalue weighted by molar-refractivity contribution is 5.63. The quantitative estimate of drug-likeness (QED) is 0.794. The normalized spacial score (nSPS) is 18.3. The molecule has 0 radical (unpaired) electrons. The van der Waals surface area contributed by atoms with E-state index in [1.807, 2.05) is 29.2 Å². The fourth-order valence-corrected chi connectivity index (χ4v) is 2.84. The van der Waals surface area contributed by atoms with E-state index in [1.54, 1.807) is 0 Å². The Morgan fingerprint density at radius 1 is 0.818 bits per heavy atom. The van der Waals surface area contributed by atoms with Crippen LogP contribution in [0.4, 0.5) is 4.39 Å². The fourth-order valence-electron chi connectivity index (χ4n) is 2.84. The second-order valence-electron chi connectivity index (χ2n) is 6.16. The molecule has 0 saturated carbocycles. The van der Waals surface area contributed by atoms with Crippen LogP contribution in [0.5, 0.6) is 0 Å². The molecule has 2 aromatic rings. The Labute approximate surface area is 132 Å². The number of nitrogens with zero attached hydrogens (tertiary/aromatic N) is 2. The molecule has 1 atom stereocenters. The SMILES string of the molecule is Cc1ccc(-c2ccc(C(F)N3CCN(C)CC3)cc2)cc1. The van der Waals surface area contributed by atoms with Gasteiger partial charge in [0.15, 0.2) is 6.30 Å². The lowest BCUT2D eigenvalue weighted by Gasteiger charge is -2.34. The first-order chi connectivity index (χ1) is 10.6. The lowest BCUT2D eigenvalue weighted by Crippen LogP contribution is -2.45. The van der Waals surface area contributed by atoms with E-state index in [1.165, 1.54) is 11.1 Å². The first kappa shape index (κ1) is 15.2. The Morgan fingerprint density at radius 3 is 1.86 bits per heavy atom. The number of aryl methyl sites for hydroxylation is 1. The highest BCUT2D eigenvalue weighted by Crippen LogP contribution is 2.26. The Kier molecular flexibility index (Phi) is 4.55. The van der Waals surface area contributed by atoms with Crippen molar-refractivity contribution in [3.8, 4) is 11.1 Å². The number of benzene rings is 2. The minimum atomic E-state index is -0.999. The molecule has 0 bridgehead atoms. The van der Waals surface area contributed by atoms with Crippen molar-refractivity contribution in [2.24, 2.45) is 0 Å². The molecule has 1 saturated heterocycles. The summed E-state index contributed by atoms with van der Waals surface area (Å²) in [6.45, 7) is 5.52. The second kappa shape index (κ2) is 6.59. The molecule has 3 heteroatoms. The Bertz CT molecular complexity index is 598. The zero-order valence-corrected chi connectivity index (χ0v) is 13.3. The largest absolute Gasteiger partial charge is 0.304 e. The van der Waals surface area contributed by atoms with Gasteiger partial charge in [-0.25, -0.2) is 4.39 Å². The van der Waals surface area contributed by atoms with Gasteiger partial charge < -0.3 is 4.90 Å². The molecular weight excluding hydrogens is 275 g/mol. The van der Waals surface area contributed by atoms with Gasteiger partial charge in [-0.15, -0.1) is 0 Å². The topological polar surface area (TPSA) is 6.48 Å². The van der Waals surface area contributed by atoms with Gasteiger partial charge in [0, 0.05) is 31.7 Å². The molecular formula is C19H23FN2. The highest BCUT2D eigenvalue weighted by Gasteiger charge is 2.23. The fraction of sp³-hybridized carbons (Fsp3) is 0.368. The highest BCUT2D eigenvalue weighted by atomic mass is 19.1. The van der Waals surface area contributed by atoms with Crippen LogP contribution < -0.4 is 0 Å². The number of likely N-dealkylation sites (N-methyl/N-ethyl adjacent to an activating group) is 1. The van der Waals surface area contributed by atoms with E-state index in [0.717, 1.165) is 37.3 Å². The molecule has 0 aliphatic carbocycles. The monoisotopic (exact) mass is 298 g/mol. The van der Waals surface area contributed by atoms with Crippen LogP contribution in [-0.4, -0.2) is 43.0 Å². The summed E-state index contributed by atoms with van der Waals surface area (Å²) in [5, 5.41) is 0. The van der Waals surface area contributed by atoms with Gasteiger partial charge in [0.25, 0.3) is 0 Å². The maximum Gasteiger partial charge on any atom is 0.179 e. The maximum absolute atomic E-state index is 14.6. The Hall–Kier alpha value is -1.71. The van der Waals surface area contributed by atoms with Gasteiger partial charge in [-0.05, 0) is 25.1 Å². The van der Waals surface area contributed by atoms with Crippen LogP contribution in [0.1, 0.15) is 17.4 Å². The lowest BCUT2D eigenvalue weighted by molar-refractivity contribution is 0.0386. The van der Waals surface area contributed by atoms with Gasteiger partial charge in [-0.2, -0.15) is 0 Å². The zero-order chi connectivity index (χ0) is 15.5. The third-order valence-corrected chi connectivity index (χ3v) is 4.43. The minimum absolute atomic E-state index is 0.750. The van der Waals surface area contributed by atoms with Crippen molar-refractivity contribution in [2.75, 3.05) is 33.2 Å². The van der Waals surface area contributed by atoms with Crippen LogP contribution in [0, 0.1) is 6.92 Å². The maximum atomic E-state index is 14.6. The van der Waals surface area contributed by atoms with Gasteiger partial charge in [-0.3, -0.25) is 4.90 Å². The van der Waals surface area contributed by atoms with E-state index in [0.29, 0.717) is 0 Å². The summed E-state index contributed by atoms with van der Waals surface area (Å²) < 4.78 is 14.6. The van der Waals surface area contributed by atoms with Crippen molar-refractivity contribution >= 4 is 0 Å². The van der Waals surface area contributed by atoms with Gasteiger partial charge >= 0.3 is 0 Å². The molecule has 3 rings (SSSR count). The number of piperazine rings is 1. The van der Waals surface area contributed by atoms with Crippen molar-refractivity contribution in [3.63, 3.8) is 0 Å². The molecule has 0 N–H and O–H groups in total.